The van der Waals surface area contributed by atoms with Crippen LogP contribution in [0, 0.1) is 6.92 Å². The SMILES string of the molecule is [2H]c1c([2H])c(C(C)(C)C)c([2H])c2c1Oc1cc(C)cc3c1B2c1c([2H])c(C(C)(C)C)c([2H])c([2H])c1N3c1c([2H])c([2H])c(C(C)(C)C)c([2H])c1-c1c([2H])c([2H])c(C(C)(C)C)c([2H])c1[2H]. The summed E-state index contributed by atoms with van der Waals surface area (Å²) in [5, 5.41) is 0. The van der Waals surface area contributed by atoms with Crippen LogP contribution in [0.3, 0.4) is 0 Å². The molecule has 0 saturated heterocycles. The summed E-state index contributed by atoms with van der Waals surface area (Å²) in [6.07, 6.45) is 0. The zero-order valence-corrected chi connectivity index (χ0v) is 31.6. The lowest BCUT2D eigenvalue weighted by molar-refractivity contribution is 0.486. The van der Waals surface area contributed by atoms with Gasteiger partial charge in [0.15, 0.2) is 0 Å². The first-order valence-electron chi connectivity index (χ1n) is 23.8. The maximum atomic E-state index is 10.1. The van der Waals surface area contributed by atoms with Gasteiger partial charge in [0.25, 0.3) is 6.71 Å². The van der Waals surface area contributed by atoms with Crippen LogP contribution in [0.1, 0.15) is 129 Å². The summed E-state index contributed by atoms with van der Waals surface area (Å²) in [5.41, 5.74) is -1.65. The standard InChI is InChI=1S/C47H54BNO/c1-29-24-40-43-42(25-29)50-41-23-20-34(47(11,12)13)28-37(41)48(43)36-27-33(46(8,9)10)19-22-39(36)49(40)38-21-18-32(45(5,6)7)26-35(38)30-14-16-31(17-15-30)44(2,3)4/h14-28H,1-13H3/i14D,15D,16D,17D,18D,19D,20D,21D,22D,23D,26D,27D,28D. The van der Waals surface area contributed by atoms with Crippen molar-refractivity contribution >= 4 is 40.2 Å². The molecule has 0 atom stereocenters. The van der Waals surface area contributed by atoms with E-state index in [9.17, 15) is 16.4 Å². The smallest absolute Gasteiger partial charge is 0.256 e. The summed E-state index contributed by atoms with van der Waals surface area (Å²) in [4.78, 5) is 1.47. The highest BCUT2D eigenvalue weighted by Gasteiger charge is 2.43. The first-order valence-corrected chi connectivity index (χ1v) is 17.3. The number of ether oxygens (including phenoxy) is 1. The van der Waals surface area contributed by atoms with E-state index >= 15 is 0 Å². The number of rotatable bonds is 2. The Bertz CT molecular complexity index is 2830. The summed E-state index contributed by atoms with van der Waals surface area (Å²) in [5.74, 6) is 0.188. The van der Waals surface area contributed by atoms with E-state index in [0.29, 0.717) is 11.0 Å². The quantitative estimate of drug-likeness (QED) is 0.170. The Balaban J connectivity index is 1.80. The fourth-order valence-corrected chi connectivity index (χ4v) is 6.38. The van der Waals surface area contributed by atoms with Crippen molar-refractivity contribution in [1.82, 2.24) is 0 Å². The number of nitrogens with zero attached hydrogens (tertiary/aromatic N) is 1. The van der Waals surface area contributed by atoms with Crippen molar-refractivity contribution < 1.29 is 22.6 Å². The molecular formula is C47H54BNO. The van der Waals surface area contributed by atoms with Gasteiger partial charge in [-0.25, -0.2) is 0 Å². The van der Waals surface area contributed by atoms with Gasteiger partial charge in [-0.15, -0.1) is 0 Å². The van der Waals surface area contributed by atoms with Gasteiger partial charge in [-0.3, -0.25) is 0 Å². The van der Waals surface area contributed by atoms with Crippen LogP contribution in [-0.4, -0.2) is 6.71 Å². The summed E-state index contributed by atoms with van der Waals surface area (Å²) in [7, 11) is 0. The van der Waals surface area contributed by atoms with Crippen LogP contribution in [0.2, 0.25) is 0 Å². The molecule has 2 heterocycles. The van der Waals surface area contributed by atoms with Crippen molar-refractivity contribution in [2.75, 3.05) is 4.90 Å². The minimum Gasteiger partial charge on any atom is -0.458 e. The maximum Gasteiger partial charge on any atom is 0.256 e. The molecule has 2 aliphatic rings. The summed E-state index contributed by atoms with van der Waals surface area (Å²) in [6.45, 7) is 22.5. The second-order valence-electron chi connectivity index (χ2n) is 17.8. The Labute approximate surface area is 320 Å². The van der Waals surface area contributed by atoms with Crippen LogP contribution in [0.4, 0.5) is 17.1 Å². The van der Waals surface area contributed by atoms with Gasteiger partial charge in [0.1, 0.15) is 11.5 Å². The number of anilines is 3. The minimum absolute atomic E-state index is 0.0366. The number of fused-ring (bicyclic) bond motifs is 4. The molecule has 3 heteroatoms. The third kappa shape index (κ3) is 5.87. The van der Waals surface area contributed by atoms with Crippen LogP contribution < -0.4 is 26.0 Å². The minimum atomic E-state index is -1.07. The number of hydrogen-bond acceptors (Lipinski definition) is 2. The Hall–Kier alpha value is -4.24. The molecule has 0 radical (unpaired) electrons. The highest BCUT2D eigenvalue weighted by Crippen LogP contribution is 2.46. The topological polar surface area (TPSA) is 12.5 Å². The maximum absolute atomic E-state index is 10.1. The van der Waals surface area contributed by atoms with Crippen molar-refractivity contribution in [3.63, 3.8) is 0 Å². The van der Waals surface area contributed by atoms with E-state index < -0.39 is 46.5 Å². The van der Waals surface area contributed by atoms with Gasteiger partial charge in [-0.1, -0.05) is 137 Å². The molecule has 0 spiro atoms. The summed E-state index contributed by atoms with van der Waals surface area (Å²) < 4.78 is 131. The van der Waals surface area contributed by atoms with E-state index in [1.54, 1.807) is 60.6 Å². The number of aryl methyl sites for hydroxylation is 1. The Morgan fingerprint density at radius 3 is 1.60 bits per heavy atom. The fourth-order valence-electron chi connectivity index (χ4n) is 6.38. The zero-order chi connectivity index (χ0) is 47.4. The van der Waals surface area contributed by atoms with Crippen molar-refractivity contribution in [2.24, 2.45) is 0 Å². The predicted molar refractivity (Wildman–Crippen MR) is 217 cm³/mol. The fraction of sp³-hybridized carbons (Fsp3) is 0.362. The van der Waals surface area contributed by atoms with Crippen LogP contribution in [-0.2, 0) is 21.7 Å². The first-order chi connectivity index (χ1) is 28.7. The Kier molecular flexibility index (Phi) is 4.98. The van der Waals surface area contributed by atoms with E-state index in [0.717, 1.165) is 0 Å². The van der Waals surface area contributed by atoms with E-state index in [1.165, 1.54) is 4.90 Å². The third-order valence-electron chi connectivity index (χ3n) is 9.32. The van der Waals surface area contributed by atoms with Crippen LogP contribution in [0.5, 0.6) is 11.5 Å². The van der Waals surface area contributed by atoms with Gasteiger partial charge in [0, 0.05) is 16.9 Å². The van der Waals surface area contributed by atoms with Crippen LogP contribution in [0.15, 0.2) is 90.7 Å². The summed E-state index contributed by atoms with van der Waals surface area (Å²) >= 11 is 0. The molecule has 7 rings (SSSR count). The highest BCUT2D eigenvalue weighted by atomic mass is 16.5. The number of hydrogen-bond donors (Lipinski definition) is 0. The predicted octanol–water partition coefficient (Wildman–Crippen LogP) is 11.3. The average Bonchev–Trinajstić information content (AvgIpc) is 3.12. The molecule has 0 aliphatic carbocycles. The lowest BCUT2D eigenvalue weighted by Gasteiger charge is -2.42. The van der Waals surface area contributed by atoms with Crippen molar-refractivity contribution in [1.29, 1.82) is 0 Å². The largest absolute Gasteiger partial charge is 0.458 e. The molecule has 5 aromatic rings. The molecular weight excluding hydrogens is 605 g/mol. The Morgan fingerprint density at radius 2 is 1.02 bits per heavy atom. The van der Waals surface area contributed by atoms with E-state index in [1.807, 2.05) is 41.5 Å². The number of benzene rings is 5. The molecule has 256 valence electrons. The van der Waals surface area contributed by atoms with E-state index in [-0.39, 0.29) is 133 Å². The highest BCUT2D eigenvalue weighted by molar-refractivity contribution is 6.99. The molecule has 0 fully saturated rings. The van der Waals surface area contributed by atoms with Gasteiger partial charge < -0.3 is 9.64 Å². The molecule has 0 aromatic heterocycles. The molecule has 50 heavy (non-hydrogen) atoms. The second-order valence-corrected chi connectivity index (χ2v) is 17.8. The molecule has 0 bridgehead atoms. The monoisotopic (exact) mass is 673 g/mol. The first kappa shape index (κ1) is 21.9. The summed E-state index contributed by atoms with van der Waals surface area (Å²) in [6, 6.07) is -0.403. The van der Waals surface area contributed by atoms with Crippen molar-refractivity contribution in [2.45, 2.75) is 112 Å². The molecule has 0 saturated carbocycles. The molecule has 0 unspecified atom stereocenters. The van der Waals surface area contributed by atoms with Gasteiger partial charge in [0.2, 0.25) is 0 Å². The molecule has 5 aromatic carbocycles. The van der Waals surface area contributed by atoms with E-state index in [2.05, 4.69) is 0 Å². The Morgan fingerprint density at radius 1 is 0.520 bits per heavy atom. The normalized spacial score (nSPS) is 17.8. The molecule has 2 aliphatic heterocycles. The average molecular weight is 673 g/mol. The third-order valence-corrected chi connectivity index (χ3v) is 9.32. The molecule has 2 nitrogen and oxygen atoms in total. The van der Waals surface area contributed by atoms with E-state index in [4.69, 9.17) is 6.11 Å². The van der Waals surface area contributed by atoms with Crippen LogP contribution in [0.25, 0.3) is 11.1 Å². The molecule has 0 amide bonds. The van der Waals surface area contributed by atoms with Gasteiger partial charge in [0.05, 0.1) is 23.5 Å². The van der Waals surface area contributed by atoms with Crippen molar-refractivity contribution in [3.05, 3.63) is 119 Å². The van der Waals surface area contributed by atoms with Gasteiger partial charge in [-0.2, -0.15) is 0 Å². The molecule has 0 N–H and O–H groups in total. The van der Waals surface area contributed by atoms with Crippen molar-refractivity contribution in [3.8, 4) is 22.6 Å². The lowest BCUT2D eigenvalue weighted by atomic mass is 9.33. The van der Waals surface area contributed by atoms with Gasteiger partial charge >= 0.3 is 0 Å². The van der Waals surface area contributed by atoms with Crippen LogP contribution >= 0.6 is 0 Å². The second kappa shape index (κ2) is 11.4. The zero-order valence-electron chi connectivity index (χ0n) is 44.6. The van der Waals surface area contributed by atoms with Gasteiger partial charge in [-0.05, 0) is 115 Å². The lowest BCUT2D eigenvalue weighted by Crippen LogP contribution is -2.60.